The Kier molecular flexibility index (Phi) is 5.85. The van der Waals surface area contributed by atoms with Crippen molar-refractivity contribution in [2.75, 3.05) is 12.3 Å². The molecule has 0 saturated heterocycles. The molecule has 104 valence electrons. The highest BCUT2D eigenvalue weighted by molar-refractivity contribution is 5.81. The lowest BCUT2D eigenvalue weighted by Crippen LogP contribution is -2.35. The van der Waals surface area contributed by atoms with Gasteiger partial charge in [0.05, 0.1) is 6.42 Å². The van der Waals surface area contributed by atoms with Gasteiger partial charge in [-0.15, -0.1) is 0 Å². The molecule has 5 nitrogen and oxygen atoms in total. The number of ether oxygens (including phenoxy) is 1. The number of nitrogen functional groups attached to an aromatic ring is 1. The number of hydrogen-bond donors (Lipinski definition) is 2. The summed E-state index contributed by atoms with van der Waals surface area (Å²) in [5, 5.41) is 2.72. The first-order chi connectivity index (χ1) is 9.02. The van der Waals surface area contributed by atoms with Crippen molar-refractivity contribution in [2.45, 2.75) is 32.7 Å². The first-order valence-electron chi connectivity index (χ1n) is 6.31. The molecule has 0 radical (unpaired) electrons. The Bertz CT molecular complexity index is 446. The summed E-state index contributed by atoms with van der Waals surface area (Å²) in [5.41, 5.74) is 6.97. The van der Waals surface area contributed by atoms with E-state index in [4.69, 9.17) is 10.5 Å². The number of esters is 1. The van der Waals surface area contributed by atoms with E-state index in [0.717, 1.165) is 6.42 Å². The predicted octanol–water partition coefficient (Wildman–Crippen LogP) is 1.27. The first kappa shape index (κ1) is 15.0. The van der Waals surface area contributed by atoms with Crippen LogP contribution < -0.4 is 11.1 Å². The molecule has 0 aliphatic heterocycles. The van der Waals surface area contributed by atoms with Crippen LogP contribution in [0, 0.1) is 0 Å². The summed E-state index contributed by atoms with van der Waals surface area (Å²) in [6.45, 7) is 3.61. The molecule has 0 heterocycles. The summed E-state index contributed by atoms with van der Waals surface area (Å²) < 4.78 is 4.90. The van der Waals surface area contributed by atoms with Crippen LogP contribution in [0.25, 0.3) is 0 Å². The fourth-order valence-corrected chi connectivity index (χ4v) is 1.47. The van der Waals surface area contributed by atoms with E-state index in [0.29, 0.717) is 11.3 Å². The maximum Gasteiger partial charge on any atom is 0.310 e. The zero-order chi connectivity index (χ0) is 14.3. The second-order valence-electron chi connectivity index (χ2n) is 4.41. The molecule has 0 aliphatic rings. The highest BCUT2D eigenvalue weighted by Crippen LogP contribution is 2.11. The lowest BCUT2D eigenvalue weighted by molar-refractivity contribution is -0.148. The van der Waals surface area contributed by atoms with Crippen LogP contribution in [0.2, 0.25) is 0 Å². The third-order valence-corrected chi connectivity index (χ3v) is 2.77. The molecule has 1 unspecified atom stereocenters. The molecule has 5 heteroatoms. The molecule has 1 amide bonds. The zero-order valence-electron chi connectivity index (χ0n) is 11.3. The Morgan fingerprint density at radius 1 is 1.37 bits per heavy atom. The van der Waals surface area contributed by atoms with E-state index in [1.54, 1.807) is 24.3 Å². The topological polar surface area (TPSA) is 81.4 Å². The van der Waals surface area contributed by atoms with Crippen molar-refractivity contribution >= 4 is 17.6 Å². The molecule has 0 saturated carbocycles. The minimum atomic E-state index is -0.461. The third-order valence-electron chi connectivity index (χ3n) is 2.77. The number of hydrogen-bond acceptors (Lipinski definition) is 4. The summed E-state index contributed by atoms with van der Waals surface area (Å²) >= 11 is 0. The monoisotopic (exact) mass is 264 g/mol. The first-order valence-corrected chi connectivity index (χ1v) is 6.31. The van der Waals surface area contributed by atoms with E-state index in [1.165, 1.54) is 0 Å². The van der Waals surface area contributed by atoms with Crippen molar-refractivity contribution in [2.24, 2.45) is 0 Å². The molecule has 0 bridgehead atoms. The van der Waals surface area contributed by atoms with Crippen LogP contribution in [-0.4, -0.2) is 24.5 Å². The number of para-hydroxylation sites is 1. The Labute approximate surface area is 113 Å². The molecule has 1 aromatic carbocycles. The fourth-order valence-electron chi connectivity index (χ4n) is 1.47. The molecule has 0 aliphatic carbocycles. The number of anilines is 1. The SMILES string of the molecule is CCC(C)NC(=O)COC(=O)Cc1ccccc1N. The number of nitrogens with one attached hydrogen (secondary N) is 1. The van der Waals surface area contributed by atoms with E-state index < -0.39 is 5.97 Å². The minimum absolute atomic E-state index is 0.0727. The number of rotatable bonds is 6. The largest absolute Gasteiger partial charge is 0.455 e. The summed E-state index contributed by atoms with van der Waals surface area (Å²) in [6, 6.07) is 7.16. The van der Waals surface area contributed by atoms with E-state index in [1.807, 2.05) is 13.8 Å². The Balaban J connectivity index is 2.36. The van der Waals surface area contributed by atoms with Gasteiger partial charge in [-0.05, 0) is 25.0 Å². The lowest BCUT2D eigenvalue weighted by Gasteiger charge is -2.11. The van der Waals surface area contributed by atoms with Gasteiger partial charge >= 0.3 is 5.97 Å². The van der Waals surface area contributed by atoms with Crippen LogP contribution in [0.5, 0.6) is 0 Å². The molecule has 0 fully saturated rings. The molecule has 0 spiro atoms. The van der Waals surface area contributed by atoms with Crippen LogP contribution in [0.1, 0.15) is 25.8 Å². The lowest BCUT2D eigenvalue weighted by atomic mass is 10.1. The quantitative estimate of drug-likeness (QED) is 0.599. The number of amides is 1. The second kappa shape index (κ2) is 7.41. The zero-order valence-corrected chi connectivity index (χ0v) is 11.3. The van der Waals surface area contributed by atoms with E-state index >= 15 is 0 Å². The molecular formula is C14H20N2O3. The van der Waals surface area contributed by atoms with Gasteiger partial charge < -0.3 is 15.8 Å². The van der Waals surface area contributed by atoms with Crippen molar-refractivity contribution in [3.63, 3.8) is 0 Å². The van der Waals surface area contributed by atoms with E-state index in [2.05, 4.69) is 5.32 Å². The predicted molar refractivity (Wildman–Crippen MR) is 73.4 cm³/mol. The van der Waals surface area contributed by atoms with Crippen LogP contribution in [0.15, 0.2) is 24.3 Å². The van der Waals surface area contributed by atoms with Crippen molar-refractivity contribution in [3.8, 4) is 0 Å². The normalized spacial score (nSPS) is 11.7. The summed E-state index contributed by atoms with van der Waals surface area (Å²) in [6.07, 6.45) is 0.906. The van der Waals surface area contributed by atoms with Gasteiger partial charge in [0.25, 0.3) is 5.91 Å². The Morgan fingerprint density at radius 3 is 2.68 bits per heavy atom. The Morgan fingerprint density at radius 2 is 2.05 bits per heavy atom. The van der Waals surface area contributed by atoms with Gasteiger partial charge in [-0.25, -0.2) is 0 Å². The van der Waals surface area contributed by atoms with Gasteiger partial charge in [0.1, 0.15) is 0 Å². The van der Waals surface area contributed by atoms with Gasteiger partial charge in [0.15, 0.2) is 6.61 Å². The van der Waals surface area contributed by atoms with Crippen molar-refractivity contribution < 1.29 is 14.3 Å². The molecule has 1 rings (SSSR count). The summed E-state index contributed by atoms with van der Waals surface area (Å²) in [4.78, 5) is 23.0. The standard InChI is InChI=1S/C14H20N2O3/c1-3-10(2)16-13(17)9-19-14(18)8-11-6-4-5-7-12(11)15/h4-7,10H,3,8-9,15H2,1-2H3,(H,16,17). The average molecular weight is 264 g/mol. The fraction of sp³-hybridized carbons (Fsp3) is 0.429. The second-order valence-corrected chi connectivity index (χ2v) is 4.41. The van der Waals surface area contributed by atoms with E-state index in [9.17, 15) is 9.59 Å². The molecular weight excluding hydrogens is 244 g/mol. The molecule has 1 aromatic rings. The summed E-state index contributed by atoms with van der Waals surface area (Å²) in [7, 11) is 0. The minimum Gasteiger partial charge on any atom is -0.455 e. The van der Waals surface area contributed by atoms with Crippen LogP contribution in [-0.2, 0) is 20.7 Å². The average Bonchev–Trinajstić information content (AvgIpc) is 2.39. The maximum atomic E-state index is 11.6. The number of carbonyl (C=O) groups is 2. The molecule has 19 heavy (non-hydrogen) atoms. The van der Waals surface area contributed by atoms with Crippen LogP contribution in [0.3, 0.4) is 0 Å². The maximum absolute atomic E-state index is 11.6. The van der Waals surface area contributed by atoms with Gasteiger partial charge in [0.2, 0.25) is 0 Å². The number of carbonyl (C=O) groups excluding carboxylic acids is 2. The smallest absolute Gasteiger partial charge is 0.310 e. The number of benzene rings is 1. The molecule has 1 atom stereocenters. The van der Waals surface area contributed by atoms with E-state index in [-0.39, 0.29) is 25.0 Å². The number of nitrogens with two attached hydrogens (primary N) is 1. The van der Waals surface area contributed by atoms with Crippen LogP contribution >= 0.6 is 0 Å². The van der Waals surface area contributed by atoms with Crippen LogP contribution in [0.4, 0.5) is 5.69 Å². The Hall–Kier alpha value is -2.04. The third kappa shape index (κ3) is 5.42. The van der Waals surface area contributed by atoms with Crippen molar-refractivity contribution in [1.29, 1.82) is 0 Å². The highest BCUT2D eigenvalue weighted by atomic mass is 16.5. The van der Waals surface area contributed by atoms with Gasteiger partial charge in [-0.3, -0.25) is 9.59 Å². The van der Waals surface area contributed by atoms with Crippen molar-refractivity contribution in [3.05, 3.63) is 29.8 Å². The van der Waals surface area contributed by atoms with Crippen molar-refractivity contribution in [1.82, 2.24) is 5.32 Å². The van der Waals surface area contributed by atoms with Gasteiger partial charge in [-0.1, -0.05) is 25.1 Å². The molecule has 0 aromatic heterocycles. The summed E-state index contributed by atoms with van der Waals surface area (Å²) in [5.74, 6) is -0.749. The van der Waals surface area contributed by atoms with Gasteiger partial charge in [0, 0.05) is 11.7 Å². The molecule has 3 N–H and O–H groups in total. The van der Waals surface area contributed by atoms with Gasteiger partial charge in [-0.2, -0.15) is 0 Å². The highest BCUT2D eigenvalue weighted by Gasteiger charge is 2.11.